The minimum Gasteiger partial charge on any atom is -0.473 e. The van der Waals surface area contributed by atoms with E-state index in [9.17, 15) is 4.57 Å². The first kappa shape index (κ1) is 26.7. The SMILES string of the molecule is O=P(Oc1ccccc1)(Oc1ccc2c(c1)CN(c1cccnc1)CN2)Oc1ccc2c(c1)CN(c1cccnc1)CO2. The number of benzene rings is 3. The predicted molar refractivity (Wildman–Crippen MR) is 164 cm³/mol. The summed E-state index contributed by atoms with van der Waals surface area (Å²) in [4.78, 5) is 12.6. The summed E-state index contributed by atoms with van der Waals surface area (Å²) in [5.41, 5.74) is 4.74. The van der Waals surface area contributed by atoms with Crippen LogP contribution in [0.4, 0.5) is 17.1 Å². The van der Waals surface area contributed by atoms with Crippen molar-refractivity contribution in [1.29, 1.82) is 0 Å². The number of nitrogens with one attached hydrogen (secondary N) is 1. The summed E-state index contributed by atoms with van der Waals surface area (Å²) in [5.74, 6) is 1.78. The summed E-state index contributed by atoms with van der Waals surface area (Å²) in [5, 5.41) is 3.42. The fourth-order valence-electron chi connectivity index (χ4n) is 5.00. The lowest BCUT2D eigenvalue weighted by atomic mass is 10.1. The second kappa shape index (κ2) is 11.6. The third kappa shape index (κ3) is 6.05. The Morgan fingerprint density at radius 3 is 2.07 bits per heavy atom. The summed E-state index contributed by atoms with van der Waals surface area (Å²) < 4.78 is 38.2. The van der Waals surface area contributed by atoms with Crippen LogP contribution >= 0.6 is 7.82 Å². The van der Waals surface area contributed by atoms with Gasteiger partial charge in [0.05, 0.1) is 37.0 Å². The predicted octanol–water partition coefficient (Wildman–Crippen LogP) is 6.87. The van der Waals surface area contributed by atoms with Gasteiger partial charge in [-0.05, 0) is 78.4 Å². The molecule has 10 nitrogen and oxygen atoms in total. The van der Waals surface area contributed by atoms with Gasteiger partial charge < -0.3 is 33.4 Å². The van der Waals surface area contributed by atoms with Crippen LogP contribution in [0.3, 0.4) is 0 Å². The minimum atomic E-state index is -4.21. The normalized spacial score (nSPS) is 15.2. The van der Waals surface area contributed by atoms with Gasteiger partial charge >= 0.3 is 7.82 Å². The molecule has 11 heteroatoms. The summed E-state index contributed by atoms with van der Waals surface area (Å²) in [6.07, 6.45) is 7.09. The molecule has 0 radical (unpaired) electrons. The van der Waals surface area contributed by atoms with Crippen LogP contribution in [0.5, 0.6) is 23.0 Å². The molecule has 1 atom stereocenters. The lowest BCUT2D eigenvalue weighted by molar-refractivity contribution is 0.285. The Morgan fingerprint density at radius 2 is 1.35 bits per heavy atom. The number of phosphoric acid groups is 1. The molecule has 4 heterocycles. The first-order chi connectivity index (χ1) is 21.1. The molecule has 3 aromatic carbocycles. The van der Waals surface area contributed by atoms with Crippen LogP contribution in [0.15, 0.2) is 116 Å². The van der Waals surface area contributed by atoms with Crippen LogP contribution in [-0.4, -0.2) is 23.4 Å². The number of nitrogens with zero attached hydrogens (tertiary/aromatic N) is 4. The number of hydrogen-bond acceptors (Lipinski definition) is 10. The molecule has 1 N–H and O–H groups in total. The molecule has 0 bridgehead atoms. The summed E-state index contributed by atoms with van der Waals surface area (Å²) in [6.45, 7) is 2.21. The number of anilines is 3. The van der Waals surface area contributed by atoms with Crippen molar-refractivity contribution in [3.8, 4) is 23.0 Å². The lowest BCUT2D eigenvalue weighted by Gasteiger charge is -2.32. The number of hydrogen-bond donors (Lipinski definition) is 1. The number of ether oxygens (including phenoxy) is 1. The van der Waals surface area contributed by atoms with Gasteiger partial charge in [-0.15, -0.1) is 0 Å². The number of para-hydroxylation sites is 1. The van der Waals surface area contributed by atoms with Gasteiger partial charge in [0.1, 0.15) is 23.0 Å². The lowest BCUT2D eigenvalue weighted by Crippen LogP contribution is -2.33. The van der Waals surface area contributed by atoms with E-state index in [1.807, 2.05) is 53.6 Å². The second-order valence-corrected chi connectivity index (χ2v) is 11.5. The first-order valence-corrected chi connectivity index (χ1v) is 15.2. The Hall–Kier alpha value is -5.21. The first-order valence-electron chi connectivity index (χ1n) is 13.8. The molecule has 0 spiro atoms. The summed E-state index contributed by atoms with van der Waals surface area (Å²) in [6, 6.07) is 27.4. The standard InChI is InChI=1S/C32H28N5O5P/c38-43(40-28-8-2-1-3-9-28,41-29-10-12-31-24(16-29)20-36(22-35-31)26-6-4-14-33-18-26)42-30-11-13-32-25(17-30)21-37(23-39-32)27-7-5-15-34-19-27/h1-19,35H,20-23H2. The topological polar surface area (TPSA) is 98.3 Å². The highest BCUT2D eigenvalue weighted by atomic mass is 31.2. The van der Waals surface area contributed by atoms with Crippen LogP contribution in [0.25, 0.3) is 0 Å². The molecule has 0 saturated carbocycles. The molecule has 7 rings (SSSR count). The van der Waals surface area contributed by atoms with Gasteiger partial charge in [0.15, 0.2) is 6.73 Å². The maximum Gasteiger partial charge on any atom is 0.647 e. The average molecular weight is 594 g/mol. The van der Waals surface area contributed by atoms with Crippen molar-refractivity contribution in [3.63, 3.8) is 0 Å². The van der Waals surface area contributed by atoms with E-state index in [2.05, 4.69) is 20.2 Å². The molecule has 5 aromatic rings. The molecule has 0 saturated heterocycles. The van der Waals surface area contributed by atoms with Gasteiger partial charge in [-0.25, -0.2) is 0 Å². The number of rotatable bonds is 8. The van der Waals surface area contributed by atoms with Crippen LogP contribution in [0, 0.1) is 0 Å². The Morgan fingerprint density at radius 1 is 0.698 bits per heavy atom. The van der Waals surface area contributed by atoms with Crippen molar-refractivity contribution in [1.82, 2.24) is 9.97 Å². The Kier molecular flexibility index (Phi) is 7.18. The van der Waals surface area contributed by atoms with E-state index < -0.39 is 7.82 Å². The zero-order valence-corrected chi connectivity index (χ0v) is 24.0. The van der Waals surface area contributed by atoms with E-state index in [0.29, 0.717) is 43.7 Å². The zero-order chi connectivity index (χ0) is 29.1. The molecule has 216 valence electrons. The fraction of sp³-hybridized carbons (Fsp3) is 0.125. The Balaban J connectivity index is 1.15. The maximum atomic E-state index is 14.3. The minimum absolute atomic E-state index is 0.331. The van der Waals surface area contributed by atoms with E-state index in [0.717, 1.165) is 33.9 Å². The molecule has 2 aliphatic heterocycles. The van der Waals surface area contributed by atoms with Gasteiger partial charge in [0.25, 0.3) is 0 Å². The van der Waals surface area contributed by atoms with Crippen LogP contribution in [0.1, 0.15) is 11.1 Å². The molecule has 2 aliphatic rings. The number of aromatic nitrogens is 2. The van der Waals surface area contributed by atoms with Gasteiger partial charge in [-0.3, -0.25) is 9.97 Å². The van der Waals surface area contributed by atoms with E-state index in [-0.39, 0.29) is 0 Å². The largest absolute Gasteiger partial charge is 0.647 e. The van der Waals surface area contributed by atoms with Gasteiger partial charge in [-0.2, -0.15) is 4.57 Å². The molecule has 1 unspecified atom stereocenters. The highest BCUT2D eigenvalue weighted by Gasteiger charge is 2.34. The average Bonchev–Trinajstić information content (AvgIpc) is 3.05. The highest BCUT2D eigenvalue weighted by Crippen LogP contribution is 2.51. The molecular formula is C32H28N5O5P. The number of pyridine rings is 2. The van der Waals surface area contributed by atoms with Crippen molar-refractivity contribution in [2.75, 3.05) is 28.5 Å². The monoisotopic (exact) mass is 593 g/mol. The third-order valence-corrected chi connectivity index (χ3v) is 8.39. The zero-order valence-electron chi connectivity index (χ0n) is 23.1. The van der Waals surface area contributed by atoms with Gasteiger partial charge in [0.2, 0.25) is 0 Å². The van der Waals surface area contributed by atoms with Crippen molar-refractivity contribution in [2.24, 2.45) is 0 Å². The van der Waals surface area contributed by atoms with E-state index in [1.54, 1.807) is 67.1 Å². The maximum absolute atomic E-state index is 14.3. The molecular weight excluding hydrogens is 565 g/mol. The highest BCUT2D eigenvalue weighted by molar-refractivity contribution is 7.49. The molecule has 0 amide bonds. The molecule has 0 aliphatic carbocycles. The van der Waals surface area contributed by atoms with Gasteiger partial charge in [-0.1, -0.05) is 18.2 Å². The van der Waals surface area contributed by atoms with E-state index in [1.165, 1.54) is 0 Å². The summed E-state index contributed by atoms with van der Waals surface area (Å²) >= 11 is 0. The summed E-state index contributed by atoms with van der Waals surface area (Å²) in [7, 11) is -4.21. The molecule has 0 fully saturated rings. The quantitative estimate of drug-likeness (QED) is 0.192. The Labute approximate surface area is 249 Å². The third-order valence-electron chi connectivity index (χ3n) is 7.08. The Bertz CT molecular complexity index is 1650. The van der Waals surface area contributed by atoms with Crippen LogP contribution in [0.2, 0.25) is 0 Å². The number of phosphoric ester groups is 1. The molecule has 2 aromatic heterocycles. The fourth-order valence-corrected chi connectivity index (χ4v) is 6.24. The van der Waals surface area contributed by atoms with Crippen molar-refractivity contribution in [3.05, 3.63) is 127 Å². The van der Waals surface area contributed by atoms with E-state index >= 15 is 0 Å². The number of fused-ring (bicyclic) bond motifs is 2. The van der Waals surface area contributed by atoms with Crippen molar-refractivity contribution in [2.45, 2.75) is 13.1 Å². The smallest absolute Gasteiger partial charge is 0.473 e. The second-order valence-electron chi connectivity index (χ2n) is 10.0. The molecule has 43 heavy (non-hydrogen) atoms. The van der Waals surface area contributed by atoms with Crippen LogP contribution < -0.4 is 33.4 Å². The van der Waals surface area contributed by atoms with Gasteiger partial charge in [0, 0.05) is 30.2 Å². The van der Waals surface area contributed by atoms with E-state index in [4.69, 9.17) is 18.3 Å². The van der Waals surface area contributed by atoms with Crippen molar-refractivity contribution < 1.29 is 22.9 Å². The van der Waals surface area contributed by atoms with Crippen molar-refractivity contribution >= 4 is 24.9 Å². The van der Waals surface area contributed by atoms with Crippen LogP contribution in [-0.2, 0) is 17.7 Å².